The number of fused-ring (bicyclic) bond motifs is 1. The topological polar surface area (TPSA) is 24.9 Å². The van der Waals surface area contributed by atoms with Gasteiger partial charge in [0.05, 0.1) is 11.2 Å². The average molecular weight is 254 g/mol. The predicted molar refractivity (Wildman–Crippen MR) is 71.4 cm³/mol. The molecule has 0 atom stereocenters. The Labute approximate surface area is 105 Å². The fourth-order valence-electron chi connectivity index (χ4n) is 2.69. The summed E-state index contributed by atoms with van der Waals surface area (Å²) in [6.45, 7) is 0. The van der Waals surface area contributed by atoms with Crippen molar-refractivity contribution in [1.29, 1.82) is 0 Å². The molecule has 4 heteroatoms. The number of nitrogens with one attached hydrogen (secondary N) is 1. The lowest BCUT2D eigenvalue weighted by atomic mass is 9.93. The van der Waals surface area contributed by atoms with Crippen molar-refractivity contribution in [3.05, 3.63) is 15.6 Å². The molecule has 1 aromatic rings. The largest absolute Gasteiger partial charge is 0.308 e. The molecule has 1 aliphatic carbocycles. The minimum atomic E-state index is 0.195. The highest BCUT2D eigenvalue weighted by Gasteiger charge is 2.36. The summed E-state index contributed by atoms with van der Waals surface area (Å²) in [6, 6.07) is 0. The molecule has 1 N–H and O–H groups in total. The van der Waals surface area contributed by atoms with E-state index in [1.165, 1.54) is 54.3 Å². The van der Waals surface area contributed by atoms with Crippen LogP contribution in [0.1, 0.15) is 34.8 Å². The number of aryl methyl sites for hydroxylation is 2. The Morgan fingerprint density at radius 2 is 2.06 bits per heavy atom. The molecule has 2 aliphatic rings. The third-order valence-electron chi connectivity index (χ3n) is 3.83. The van der Waals surface area contributed by atoms with Gasteiger partial charge in [0, 0.05) is 4.88 Å². The SMILES string of the molecule is CNC1(c2nc3c(s2)CCC3)CCSCC1. The smallest absolute Gasteiger partial charge is 0.113 e. The Balaban J connectivity index is 1.93. The molecule has 1 aliphatic heterocycles. The molecule has 1 fully saturated rings. The van der Waals surface area contributed by atoms with E-state index in [4.69, 9.17) is 4.98 Å². The van der Waals surface area contributed by atoms with Crippen LogP contribution in [0.5, 0.6) is 0 Å². The molecule has 0 unspecified atom stereocenters. The number of nitrogens with zero attached hydrogens (tertiary/aromatic N) is 1. The molecule has 0 radical (unpaired) electrons. The maximum absolute atomic E-state index is 4.90. The van der Waals surface area contributed by atoms with Crippen molar-refractivity contribution >= 4 is 23.1 Å². The van der Waals surface area contributed by atoms with Crippen LogP contribution in [0.25, 0.3) is 0 Å². The highest BCUT2D eigenvalue weighted by atomic mass is 32.2. The van der Waals surface area contributed by atoms with Gasteiger partial charge in [-0.3, -0.25) is 0 Å². The highest BCUT2D eigenvalue weighted by molar-refractivity contribution is 7.99. The fraction of sp³-hybridized carbons (Fsp3) is 0.750. The van der Waals surface area contributed by atoms with Gasteiger partial charge in [-0.1, -0.05) is 0 Å². The third-order valence-corrected chi connectivity index (χ3v) is 6.18. The van der Waals surface area contributed by atoms with Crippen LogP contribution >= 0.6 is 23.1 Å². The lowest BCUT2D eigenvalue weighted by Gasteiger charge is -2.35. The number of thiazole rings is 1. The maximum atomic E-state index is 4.90. The summed E-state index contributed by atoms with van der Waals surface area (Å²) in [5, 5.41) is 4.92. The molecule has 2 nitrogen and oxygen atoms in total. The van der Waals surface area contributed by atoms with Gasteiger partial charge in [-0.05, 0) is 50.7 Å². The van der Waals surface area contributed by atoms with Gasteiger partial charge in [0.2, 0.25) is 0 Å². The molecular weight excluding hydrogens is 236 g/mol. The Kier molecular flexibility index (Phi) is 2.98. The van der Waals surface area contributed by atoms with Crippen LogP contribution in [-0.4, -0.2) is 23.5 Å². The fourth-order valence-corrected chi connectivity index (χ4v) is 5.28. The Morgan fingerprint density at radius 1 is 1.25 bits per heavy atom. The van der Waals surface area contributed by atoms with Crippen molar-refractivity contribution in [2.75, 3.05) is 18.6 Å². The Hall–Kier alpha value is -0.0600. The van der Waals surface area contributed by atoms with Gasteiger partial charge in [-0.15, -0.1) is 11.3 Å². The summed E-state index contributed by atoms with van der Waals surface area (Å²) in [5.74, 6) is 2.54. The summed E-state index contributed by atoms with van der Waals surface area (Å²) < 4.78 is 0. The normalized spacial score (nSPS) is 23.3. The Bertz CT molecular complexity index is 359. The van der Waals surface area contributed by atoms with Gasteiger partial charge in [-0.2, -0.15) is 11.8 Å². The van der Waals surface area contributed by atoms with Gasteiger partial charge in [0.1, 0.15) is 5.01 Å². The molecule has 0 bridgehead atoms. The lowest BCUT2D eigenvalue weighted by molar-refractivity contribution is 0.331. The molecule has 88 valence electrons. The molecule has 0 amide bonds. The minimum absolute atomic E-state index is 0.195. The van der Waals surface area contributed by atoms with Crippen molar-refractivity contribution < 1.29 is 0 Å². The van der Waals surface area contributed by atoms with E-state index in [9.17, 15) is 0 Å². The number of aromatic nitrogens is 1. The van der Waals surface area contributed by atoms with Gasteiger partial charge >= 0.3 is 0 Å². The summed E-state index contributed by atoms with van der Waals surface area (Å²) in [6.07, 6.45) is 6.26. The lowest BCUT2D eigenvalue weighted by Crippen LogP contribution is -2.43. The zero-order valence-corrected chi connectivity index (χ0v) is 11.3. The zero-order valence-electron chi connectivity index (χ0n) is 9.71. The first-order valence-electron chi connectivity index (χ1n) is 6.10. The van der Waals surface area contributed by atoms with Crippen LogP contribution in [0, 0.1) is 0 Å². The molecular formula is C12H18N2S2. The first kappa shape index (κ1) is 11.1. The summed E-state index contributed by atoms with van der Waals surface area (Å²) in [5.41, 5.74) is 1.59. The van der Waals surface area contributed by atoms with E-state index in [-0.39, 0.29) is 5.54 Å². The van der Waals surface area contributed by atoms with E-state index in [1.54, 1.807) is 4.88 Å². The second kappa shape index (κ2) is 4.31. The van der Waals surface area contributed by atoms with Gasteiger partial charge in [0.25, 0.3) is 0 Å². The van der Waals surface area contributed by atoms with Crippen molar-refractivity contribution in [3.63, 3.8) is 0 Å². The summed E-state index contributed by atoms with van der Waals surface area (Å²) in [7, 11) is 2.10. The van der Waals surface area contributed by atoms with E-state index >= 15 is 0 Å². The molecule has 3 rings (SSSR count). The average Bonchev–Trinajstić information content (AvgIpc) is 2.90. The van der Waals surface area contributed by atoms with Crippen LogP contribution in [0.4, 0.5) is 0 Å². The Morgan fingerprint density at radius 3 is 2.75 bits per heavy atom. The third kappa shape index (κ3) is 1.71. The number of thioether (sulfide) groups is 1. The maximum Gasteiger partial charge on any atom is 0.113 e. The standard InChI is InChI=1S/C12H18N2S2/c1-13-12(5-7-15-8-6-12)11-14-9-3-2-4-10(9)16-11/h13H,2-8H2,1H3. The second-order valence-electron chi connectivity index (χ2n) is 4.69. The molecule has 0 aromatic carbocycles. The molecule has 0 spiro atoms. The van der Waals surface area contributed by atoms with E-state index in [0.717, 1.165) is 0 Å². The monoisotopic (exact) mass is 254 g/mol. The first-order chi connectivity index (χ1) is 7.84. The predicted octanol–water partition coefficient (Wildman–Crippen LogP) is 2.57. The summed E-state index contributed by atoms with van der Waals surface area (Å²) in [4.78, 5) is 6.46. The number of rotatable bonds is 2. The number of hydrogen-bond acceptors (Lipinski definition) is 4. The van der Waals surface area contributed by atoms with Gasteiger partial charge in [0.15, 0.2) is 0 Å². The molecule has 2 heterocycles. The van der Waals surface area contributed by atoms with E-state index < -0.39 is 0 Å². The van der Waals surface area contributed by atoms with Crippen LogP contribution < -0.4 is 5.32 Å². The second-order valence-corrected chi connectivity index (χ2v) is 7.00. The van der Waals surface area contributed by atoms with Gasteiger partial charge in [-0.25, -0.2) is 4.98 Å². The summed E-state index contributed by atoms with van der Waals surface area (Å²) >= 11 is 4.04. The van der Waals surface area contributed by atoms with Crippen LogP contribution in [-0.2, 0) is 18.4 Å². The molecule has 16 heavy (non-hydrogen) atoms. The first-order valence-corrected chi connectivity index (χ1v) is 8.07. The van der Waals surface area contributed by atoms with E-state index in [2.05, 4.69) is 24.1 Å². The molecule has 0 saturated carbocycles. The highest BCUT2D eigenvalue weighted by Crippen LogP contribution is 2.40. The van der Waals surface area contributed by atoms with Gasteiger partial charge < -0.3 is 5.32 Å². The van der Waals surface area contributed by atoms with Crippen LogP contribution in [0.3, 0.4) is 0 Å². The quantitative estimate of drug-likeness (QED) is 0.878. The molecule has 1 saturated heterocycles. The van der Waals surface area contributed by atoms with E-state index in [0.29, 0.717) is 0 Å². The van der Waals surface area contributed by atoms with Crippen molar-refractivity contribution in [2.45, 2.75) is 37.6 Å². The van der Waals surface area contributed by atoms with Crippen molar-refractivity contribution in [1.82, 2.24) is 10.3 Å². The van der Waals surface area contributed by atoms with Crippen molar-refractivity contribution in [2.24, 2.45) is 0 Å². The zero-order chi connectivity index (χ0) is 11.0. The van der Waals surface area contributed by atoms with E-state index in [1.807, 2.05) is 11.3 Å². The van der Waals surface area contributed by atoms with Crippen molar-refractivity contribution in [3.8, 4) is 0 Å². The minimum Gasteiger partial charge on any atom is -0.308 e. The van der Waals surface area contributed by atoms with Crippen LogP contribution in [0.15, 0.2) is 0 Å². The molecule has 1 aromatic heterocycles. The van der Waals surface area contributed by atoms with Crippen LogP contribution in [0.2, 0.25) is 0 Å². The number of hydrogen-bond donors (Lipinski definition) is 1.